The number of ether oxygens (including phenoxy) is 1. The lowest BCUT2D eigenvalue weighted by Gasteiger charge is -2.03. The molecule has 18 heavy (non-hydrogen) atoms. The summed E-state index contributed by atoms with van der Waals surface area (Å²) in [6.45, 7) is 1.25. The van der Waals surface area contributed by atoms with E-state index in [0.29, 0.717) is 13.2 Å². The molecule has 0 aliphatic rings. The van der Waals surface area contributed by atoms with Gasteiger partial charge in [0.2, 0.25) is 0 Å². The highest BCUT2D eigenvalue weighted by Crippen LogP contribution is 2.16. The summed E-state index contributed by atoms with van der Waals surface area (Å²) in [5.74, 6) is 0. The van der Waals surface area contributed by atoms with Crippen molar-refractivity contribution >= 4 is 22.0 Å². The van der Waals surface area contributed by atoms with E-state index in [1.54, 1.807) is 0 Å². The summed E-state index contributed by atoms with van der Waals surface area (Å²) in [5.41, 5.74) is 2.37. The Morgan fingerprint density at radius 3 is 2.44 bits per heavy atom. The van der Waals surface area contributed by atoms with E-state index in [-0.39, 0.29) is 0 Å². The topological polar surface area (TPSA) is 9.23 Å². The minimum absolute atomic E-state index is 0.621. The van der Waals surface area contributed by atoms with E-state index in [2.05, 4.69) is 40.2 Å². The van der Waals surface area contributed by atoms with Gasteiger partial charge in [-0.2, -0.15) is 0 Å². The third kappa shape index (κ3) is 4.13. The van der Waals surface area contributed by atoms with Crippen LogP contribution in [0.15, 0.2) is 65.1 Å². The Morgan fingerprint density at radius 2 is 1.67 bits per heavy atom. The van der Waals surface area contributed by atoms with Crippen molar-refractivity contribution in [1.29, 1.82) is 0 Å². The van der Waals surface area contributed by atoms with E-state index in [1.807, 2.05) is 42.5 Å². The van der Waals surface area contributed by atoms with E-state index in [4.69, 9.17) is 4.74 Å². The van der Waals surface area contributed by atoms with Gasteiger partial charge in [-0.3, -0.25) is 0 Å². The predicted molar refractivity (Wildman–Crippen MR) is 79.3 cm³/mol. The number of rotatable bonds is 5. The summed E-state index contributed by atoms with van der Waals surface area (Å²) < 4.78 is 6.70. The van der Waals surface area contributed by atoms with Crippen molar-refractivity contribution in [2.75, 3.05) is 6.61 Å². The normalized spacial score (nSPS) is 10.9. The fourth-order valence-corrected chi connectivity index (χ4v) is 2.00. The van der Waals surface area contributed by atoms with Crippen LogP contribution in [0.3, 0.4) is 0 Å². The molecule has 0 aromatic heterocycles. The molecule has 1 nitrogen and oxygen atoms in total. The van der Waals surface area contributed by atoms with Gasteiger partial charge in [-0.1, -0.05) is 76.6 Å². The van der Waals surface area contributed by atoms with Crippen molar-refractivity contribution < 1.29 is 4.74 Å². The number of benzene rings is 2. The van der Waals surface area contributed by atoms with Crippen molar-refractivity contribution in [3.05, 3.63) is 76.3 Å². The summed E-state index contributed by atoms with van der Waals surface area (Å²) >= 11 is 3.50. The molecule has 0 amide bonds. The molecule has 0 radical (unpaired) electrons. The van der Waals surface area contributed by atoms with Crippen molar-refractivity contribution in [2.24, 2.45) is 0 Å². The molecule has 0 aliphatic heterocycles. The maximum atomic E-state index is 5.61. The average Bonchev–Trinajstić information content (AvgIpc) is 2.42. The first-order chi connectivity index (χ1) is 8.86. The predicted octanol–water partition coefficient (Wildman–Crippen LogP) is 4.68. The first kappa shape index (κ1) is 13.1. The van der Waals surface area contributed by atoms with Gasteiger partial charge < -0.3 is 4.74 Å². The van der Waals surface area contributed by atoms with Crippen LogP contribution < -0.4 is 0 Å². The minimum atomic E-state index is 0.621. The molecule has 0 fully saturated rings. The van der Waals surface area contributed by atoms with Crippen LogP contribution in [-0.4, -0.2) is 6.61 Å². The Balaban J connectivity index is 1.77. The highest BCUT2D eigenvalue weighted by atomic mass is 79.9. The van der Waals surface area contributed by atoms with Crippen LogP contribution in [0.2, 0.25) is 0 Å². The lowest BCUT2D eigenvalue weighted by Crippen LogP contribution is -1.93. The monoisotopic (exact) mass is 302 g/mol. The van der Waals surface area contributed by atoms with E-state index >= 15 is 0 Å². The summed E-state index contributed by atoms with van der Waals surface area (Å²) in [6.07, 6.45) is 4.10. The van der Waals surface area contributed by atoms with Crippen LogP contribution in [0.25, 0.3) is 6.08 Å². The zero-order valence-corrected chi connectivity index (χ0v) is 11.6. The number of hydrogen-bond acceptors (Lipinski definition) is 1. The third-order valence-electron chi connectivity index (χ3n) is 2.54. The van der Waals surface area contributed by atoms with Crippen LogP contribution in [0.1, 0.15) is 11.1 Å². The van der Waals surface area contributed by atoms with Gasteiger partial charge in [-0.25, -0.2) is 0 Å². The van der Waals surface area contributed by atoms with Crippen LogP contribution in [-0.2, 0) is 11.3 Å². The molecule has 2 rings (SSSR count). The Hall–Kier alpha value is -1.38. The molecule has 92 valence electrons. The highest BCUT2D eigenvalue weighted by molar-refractivity contribution is 9.10. The second-order valence-electron chi connectivity index (χ2n) is 3.92. The van der Waals surface area contributed by atoms with E-state index < -0.39 is 0 Å². The van der Waals surface area contributed by atoms with E-state index in [0.717, 1.165) is 4.47 Å². The van der Waals surface area contributed by atoms with Crippen LogP contribution >= 0.6 is 15.9 Å². The van der Waals surface area contributed by atoms with E-state index in [9.17, 15) is 0 Å². The van der Waals surface area contributed by atoms with Gasteiger partial charge >= 0.3 is 0 Å². The molecular weight excluding hydrogens is 288 g/mol. The molecule has 0 unspecified atom stereocenters. The second-order valence-corrected chi connectivity index (χ2v) is 4.77. The van der Waals surface area contributed by atoms with Crippen molar-refractivity contribution in [2.45, 2.75) is 6.61 Å². The maximum absolute atomic E-state index is 5.61. The molecule has 0 saturated heterocycles. The zero-order chi connectivity index (χ0) is 12.6. The SMILES string of the molecule is Brc1ccccc1COCC=Cc1ccccc1. The Morgan fingerprint density at radius 1 is 0.944 bits per heavy atom. The molecular formula is C16H15BrO. The molecule has 0 atom stereocenters. The molecule has 2 heteroatoms. The van der Waals surface area contributed by atoms with Crippen LogP contribution in [0, 0.1) is 0 Å². The lowest BCUT2D eigenvalue weighted by atomic mass is 10.2. The van der Waals surface area contributed by atoms with Crippen molar-refractivity contribution in [1.82, 2.24) is 0 Å². The summed E-state index contributed by atoms with van der Waals surface area (Å²) in [5, 5.41) is 0. The first-order valence-electron chi connectivity index (χ1n) is 5.89. The van der Waals surface area contributed by atoms with Gasteiger partial charge in [0.15, 0.2) is 0 Å². The van der Waals surface area contributed by atoms with Crippen molar-refractivity contribution in [3.8, 4) is 0 Å². The Kier molecular flexibility index (Phi) is 5.18. The quantitative estimate of drug-likeness (QED) is 0.729. The summed E-state index contributed by atoms with van der Waals surface area (Å²) in [4.78, 5) is 0. The first-order valence-corrected chi connectivity index (χ1v) is 6.68. The molecule has 0 saturated carbocycles. The van der Waals surface area contributed by atoms with Gasteiger partial charge in [0.1, 0.15) is 0 Å². The molecule has 0 bridgehead atoms. The smallest absolute Gasteiger partial charge is 0.0732 e. The highest BCUT2D eigenvalue weighted by Gasteiger charge is 1.96. The fourth-order valence-electron chi connectivity index (χ4n) is 1.60. The average molecular weight is 303 g/mol. The zero-order valence-electron chi connectivity index (χ0n) is 10.1. The van der Waals surface area contributed by atoms with Crippen LogP contribution in [0.4, 0.5) is 0 Å². The Bertz CT molecular complexity index is 506. The molecule has 0 N–H and O–H groups in total. The largest absolute Gasteiger partial charge is 0.373 e. The van der Waals surface area contributed by atoms with Gasteiger partial charge in [0.25, 0.3) is 0 Å². The molecule has 2 aromatic carbocycles. The summed E-state index contributed by atoms with van der Waals surface area (Å²) in [7, 11) is 0. The van der Waals surface area contributed by atoms with Gasteiger partial charge in [0.05, 0.1) is 13.2 Å². The van der Waals surface area contributed by atoms with Gasteiger partial charge in [-0.15, -0.1) is 0 Å². The third-order valence-corrected chi connectivity index (χ3v) is 3.31. The molecule has 0 heterocycles. The maximum Gasteiger partial charge on any atom is 0.0732 e. The van der Waals surface area contributed by atoms with Crippen LogP contribution in [0.5, 0.6) is 0 Å². The lowest BCUT2D eigenvalue weighted by molar-refractivity contribution is 0.148. The second kappa shape index (κ2) is 7.14. The summed E-state index contributed by atoms with van der Waals surface area (Å²) in [6, 6.07) is 18.3. The van der Waals surface area contributed by atoms with Gasteiger partial charge in [-0.05, 0) is 17.2 Å². The van der Waals surface area contributed by atoms with E-state index in [1.165, 1.54) is 11.1 Å². The minimum Gasteiger partial charge on any atom is -0.373 e. The van der Waals surface area contributed by atoms with Gasteiger partial charge in [0, 0.05) is 4.47 Å². The number of hydrogen-bond donors (Lipinski definition) is 0. The molecule has 0 aliphatic carbocycles. The Labute approximate surface area is 116 Å². The number of halogens is 1. The fraction of sp³-hybridized carbons (Fsp3) is 0.125. The van der Waals surface area contributed by atoms with Crippen molar-refractivity contribution in [3.63, 3.8) is 0 Å². The molecule has 2 aromatic rings. The standard InChI is InChI=1S/C16H15BrO/c17-16-11-5-4-10-15(16)13-18-12-6-9-14-7-2-1-3-8-14/h1-11H,12-13H2. The molecule has 0 spiro atoms.